The number of aromatic nitrogens is 4. The lowest BCUT2D eigenvalue weighted by molar-refractivity contribution is 0.0219. The molecule has 1 aliphatic rings. The highest BCUT2D eigenvalue weighted by Crippen LogP contribution is 2.25. The summed E-state index contributed by atoms with van der Waals surface area (Å²) in [5.41, 5.74) is -0.260. The summed E-state index contributed by atoms with van der Waals surface area (Å²) in [6.45, 7) is 16.5. The number of carbonyl (C=O) groups excluding carboxylic acids is 2. The monoisotopic (exact) mass is 685 g/mol. The number of nitrogens with zero attached hydrogens (tertiary/aromatic N) is 5. The zero-order valence-corrected chi connectivity index (χ0v) is 30.0. The van der Waals surface area contributed by atoms with Crippen LogP contribution in [0, 0.1) is 17.8 Å². The lowest BCUT2D eigenvalue weighted by Gasteiger charge is -2.28. The van der Waals surface area contributed by atoms with Crippen LogP contribution in [0.2, 0.25) is 5.15 Å². The molecule has 0 spiro atoms. The number of hydrogen-bond donors (Lipinski definition) is 2. The minimum atomic E-state index is -0.500. The fraction of sp³-hybridized carbons (Fsp3) is 0.559. The third-order valence-electron chi connectivity index (χ3n) is 8.01. The summed E-state index contributed by atoms with van der Waals surface area (Å²) in [6.07, 6.45) is 5.27. The molecule has 3 aromatic rings. The van der Waals surface area contributed by atoms with Gasteiger partial charge in [0.15, 0.2) is 5.82 Å². The number of nitrogens with one attached hydrogen (secondary N) is 2. The maximum Gasteiger partial charge on any atom is 0.410 e. The van der Waals surface area contributed by atoms with E-state index in [1.54, 1.807) is 29.1 Å². The van der Waals surface area contributed by atoms with Gasteiger partial charge in [-0.3, -0.25) is 9.52 Å². The maximum atomic E-state index is 12.9. The van der Waals surface area contributed by atoms with Crippen LogP contribution >= 0.6 is 23.5 Å². The zero-order chi connectivity index (χ0) is 34.1. The highest BCUT2D eigenvalue weighted by molar-refractivity contribution is 7.97. The van der Waals surface area contributed by atoms with Crippen molar-refractivity contribution in [2.24, 2.45) is 17.8 Å². The van der Waals surface area contributed by atoms with Gasteiger partial charge in [-0.1, -0.05) is 45.4 Å². The molecule has 4 rings (SSSR count). The highest BCUT2D eigenvalue weighted by Gasteiger charge is 2.31. The first kappa shape index (κ1) is 36.3. The molecule has 0 saturated carbocycles. The van der Waals surface area contributed by atoms with E-state index in [0.29, 0.717) is 53.4 Å². The van der Waals surface area contributed by atoms with E-state index in [9.17, 15) is 9.59 Å². The van der Waals surface area contributed by atoms with Crippen LogP contribution in [0.1, 0.15) is 84.5 Å². The minimum absolute atomic E-state index is 0.0640. The predicted octanol–water partition coefficient (Wildman–Crippen LogP) is 7.65. The third kappa shape index (κ3) is 10.8. The summed E-state index contributed by atoms with van der Waals surface area (Å²) < 4.78 is 15.9. The first-order chi connectivity index (χ1) is 22.3. The second-order valence-electron chi connectivity index (χ2n) is 13.5. The topological polar surface area (TPSA) is 124 Å². The van der Waals surface area contributed by atoms with Crippen molar-refractivity contribution in [1.82, 2.24) is 29.4 Å². The van der Waals surface area contributed by atoms with Gasteiger partial charge < -0.3 is 19.7 Å². The molecule has 1 fully saturated rings. The number of hydrogen-bond acceptors (Lipinski definition) is 9. The van der Waals surface area contributed by atoms with Crippen LogP contribution < -0.4 is 14.8 Å². The molecule has 0 bridgehead atoms. The number of pyridine rings is 2. The van der Waals surface area contributed by atoms with E-state index >= 15 is 0 Å². The van der Waals surface area contributed by atoms with Gasteiger partial charge >= 0.3 is 6.09 Å². The molecular formula is C34H48ClN7O4S. The van der Waals surface area contributed by atoms with Crippen molar-refractivity contribution >= 4 is 41.4 Å². The zero-order valence-electron chi connectivity index (χ0n) is 28.5. The first-order valence-corrected chi connectivity index (χ1v) is 17.5. The van der Waals surface area contributed by atoms with Gasteiger partial charge in [0.25, 0.3) is 5.91 Å². The van der Waals surface area contributed by atoms with Crippen molar-refractivity contribution in [3.63, 3.8) is 0 Å². The van der Waals surface area contributed by atoms with Gasteiger partial charge in [0.05, 0.1) is 12.2 Å². The van der Waals surface area contributed by atoms with E-state index in [1.807, 2.05) is 43.9 Å². The molecule has 4 heterocycles. The third-order valence-corrected chi connectivity index (χ3v) is 9.02. The second kappa shape index (κ2) is 16.5. The van der Waals surface area contributed by atoms with Crippen LogP contribution in [-0.4, -0.2) is 68.0 Å². The Morgan fingerprint density at radius 1 is 1.09 bits per heavy atom. The van der Waals surface area contributed by atoms with Gasteiger partial charge in [-0.05, 0) is 88.5 Å². The fourth-order valence-corrected chi connectivity index (χ4v) is 6.38. The predicted molar refractivity (Wildman–Crippen MR) is 186 cm³/mol. The summed E-state index contributed by atoms with van der Waals surface area (Å²) in [5, 5.41) is 8.51. The van der Waals surface area contributed by atoms with Crippen LogP contribution in [0.5, 0.6) is 5.88 Å². The molecular weight excluding hydrogens is 638 g/mol. The SMILES string of the molecule is CC(C)C(COc1ccn(-c2ccc(C(=O)NSc3cccc(NCCCC4CCCN4C(=O)OC(C)(C)C)n3)c(Cl)n2)n1)C(C)C. The van der Waals surface area contributed by atoms with Crippen molar-refractivity contribution in [3.05, 3.63) is 53.3 Å². The Hall–Kier alpha value is -3.51. The van der Waals surface area contributed by atoms with Crippen molar-refractivity contribution in [3.8, 4) is 11.7 Å². The Labute approximate surface area is 287 Å². The number of amides is 2. The first-order valence-electron chi connectivity index (χ1n) is 16.3. The number of halogens is 1. The fourth-order valence-electron chi connectivity index (χ4n) is 5.54. The molecule has 2 N–H and O–H groups in total. The minimum Gasteiger partial charge on any atom is -0.476 e. The summed E-state index contributed by atoms with van der Waals surface area (Å²) in [6, 6.07) is 10.9. The molecule has 0 aliphatic carbocycles. The molecule has 47 heavy (non-hydrogen) atoms. The quantitative estimate of drug-likeness (QED) is 0.100. The lowest BCUT2D eigenvalue weighted by Crippen LogP contribution is -2.39. The van der Waals surface area contributed by atoms with E-state index in [0.717, 1.165) is 44.2 Å². The number of likely N-dealkylation sites (tertiary alicyclic amines) is 1. The molecule has 1 atom stereocenters. The molecule has 11 nitrogen and oxygen atoms in total. The van der Waals surface area contributed by atoms with E-state index in [-0.39, 0.29) is 28.8 Å². The Balaban J connectivity index is 1.24. The van der Waals surface area contributed by atoms with Gasteiger partial charge in [-0.25, -0.2) is 19.4 Å². The van der Waals surface area contributed by atoms with Crippen molar-refractivity contribution in [1.29, 1.82) is 0 Å². The van der Waals surface area contributed by atoms with Gasteiger partial charge in [0.1, 0.15) is 21.6 Å². The normalized spacial score (nSPS) is 15.0. The molecule has 3 aromatic heterocycles. The Morgan fingerprint density at radius 3 is 2.55 bits per heavy atom. The Morgan fingerprint density at radius 2 is 1.85 bits per heavy atom. The van der Waals surface area contributed by atoms with Gasteiger partial charge in [0.2, 0.25) is 5.88 Å². The van der Waals surface area contributed by atoms with E-state index in [2.05, 4.69) is 52.8 Å². The molecule has 1 aliphatic heterocycles. The van der Waals surface area contributed by atoms with Gasteiger partial charge in [-0.2, -0.15) is 0 Å². The lowest BCUT2D eigenvalue weighted by atomic mass is 9.86. The van der Waals surface area contributed by atoms with E-state index < -0.39 is 5.60 Å². The molecule has 2 amide bonds. The molecule has 0 aromatic carbocycles. The summed E-state index contributed by atoms with van der Waals surface area (Å²) in [5.74, 6) is 2.73. The average molecular weight is 686 g/mol. The summed E-state index contributed by atoms with van der Waals surface area (Å²) in [7, 11) is 0. The molecule has 1 unspecified atom stereocenters. The maximum absolute atomic E-state index is 12.9. The average Bonchev–Trinajstić information content (AvgIpc) is 3.67. The van der Waals surface area contributed by atoms with E-state index in [4.69, 9.17) is 21.1 Å². The highest BCUT2D eigenvalue weighted by atomic mass is 35.5. The van der Waals surface area contributed by atoms with Crippen LogP contribution in [-0.2, 0) is 4.74 Å². The molecule has 1 saturated heterocycles. The van der Waals surface area contributed by atoms with Crippen molar-refractivity contribution in [2.45, 2.75) is 90.8 Å². The smallest absolute Gasteiger partial charge is 0.410 e. The molecule has 0 radical (unpaired) electrons. The van der Waals surface area contributed by atoms with Gasteiger partial charge in [-0.15, -0.1) is 5.10 Å². The largest absolute Gasteiger partial charge is 0.476 e. The van der Waals surface area contributed by atoms with Crippen molar-refractivity contribution < 1.29 is 19.1 Å². The van der Waals surface area contributed by atoms with Crippen LogP contribution in [0.3, 0.4) is 0 Å². The number of anilines is 1. The Kier molecular flexibility index (Phi) is 12.8. The van der Waals surface area contributed by atoms with Crippen LogP contribution in [0.25, 0.3) is 5.82 Å². The van der Waals surface area contributed by atoms with E-state index in [1.165, 1.54) is 0 Å². The second-order valence-corrected chi connectivity index (χ2v) is 14.7. The van der Waals surface area contributed by atoms with Crippen LogP contribution in [0.4, 0.5) is 10.6 Å². The summed E-state index contributed by atoms with van der Waals surface area (Å²) in [4.78, 5) is 36.3. The number of ether oxygens (including phenoxy) is 2. The van der Waals surface area contributed by atoms with Gasteiger partial charge in [0, 0.05) is 43.3 Å². The number of rotatable bonds is 14. The molecule has 256 valence electrons. The standard InChI is InChI=1S/C34H48ClN7O4S/c1-22(2)26(23(3)4)21-45-29-17-20-42(39-29)28-16-15-25(31(35)38-28)32(43)40-47-30-14-8-13-27(37-30)36-18-9-11-24-12-10-19-41(24)33(44)46-34(5,6)7/h8,13-17,20,22-24,26H,9-12,18-19,21H2,1-7H3,(H,36,37)(H,40,43). The summed E-state index contributed by atoms with van der Waals surface area (Å²) >= 11 is 7.52. The van der Waals surface area contributed by atoms with Crippen molar-refractivity contribution in [2.75, 3.05) is 25.0 Å². The van der Waals surface area contributed by atoms with Crippen LogP contribution in [0.15, 0.2) is 47.6 Å². The molecule has 13 heteroatoms. The number of carbonyl (C=O) groups is 2. The Bertz CT molecular complexity index is 1490.